The number of carbonyl (C=O) groups excluding carboxylic acids is 1. The molecule has 4 saturated carbocycles. The highest BCUT2D eigenvalue weighted by molar-refractivity contribution is 9.11. The Morgan fingerprint density at radius 1 is 1.19 bits per heavy atom. The van der Waals surface area contributed by atoms with Crippen LogP contribution in [0.25, 0.3) is 0 Å². The van der Waals surface area contributed by atoms with Crippen molar-refractivity contribution < 1.29 is 4.79 Å². The lowest BCUT2D eigenvalue weighted by atomic mass is 9.54. The summed E-state index contributed by atoms with van der Waals surface area (Å²) in [5, 5.41) is 0. The van der Waals surface area contributed by atoms with E-state index in [2.05, 4.69) is 27.8 Å². The minimum atomic E-state index is 0.228. The maximum atomic E-state index is 12.8. The summed E-state index contributed by atoms with van der Waals surface area (Å²) in [6.07, 6.45) is 6.92. The third-order valence-electron chi connectivity index (χ3n) is 6.01. The molecule has 0 aromatic carbocycles. The molecule has 0 unspecified atom stereocenters. The monoisotopic (exact) mass is 367 g/mol. The molecule has 1 heterocycles. The Kier molecular flexibility index (Phi) is 3.45. The minimum absolute atomic E-state index is 0.228. The quantitative estimate of drug-likeness (QED) is 0.740. The number of thiophene rings is 1. The molecule has 4 fully saturated rings. The van der Waals surface area contributed by atoms with Gasteiger partial charge in [-0.1, -0.05) is 0 Å². The van der Waals surface area contributed by atoms with Crippen LogP contribution in [0, 0.1) is 30.6 Å². The first-order valence-corrected chi connectivity index (χ1v) is 9.67. The molecule has 4 aliphatic rings. The molecule has 5 rings (SSSR count). The van der Waals surface area contributed by atoms with Crippen molar-refractivity contribution >= 4 is 33.2 Å². The first kappa shape index (κ1) is 14.3. The topological polar surface area (TPSA) is 20.3 Å². The summed E-state index contributed by atoms with van der Waals surface area (Å²) in [5.41, 5.74) is 1.17. The van der Waals surface area contributed by atoms with Crippen LogP contribution in [0.2, 0.25) is 0 Å². The van der Waals surface area contributed by atoms with E-state index in [0.29, 0.717) is 6.04 Å². The van der Waals surface area contributed by atoms with Crippen molar-refractivity contribution in [2.75, 3.05) is 7.05 Å². The minimum Gasteiger partial charge on any atom is -0.337 e. The van der Waals surface area contributed by atoms with Crippen LogP contribution in [0.3, 0.4) is 0 Å². The van der Waals surface area contributed by atoms with E-state index in [9.17, 15) is 4.79 Å². The second-order valence-electron chi connectivity index (χ2n) is 7.40. The first-order valence-electron chi connectivity index (χ1n) is 8.06. The number of nitrogens with zero attached hydrogens (tertiary/aromatic N) is 1. The van der Waals surface area contributed by atoms with Gasteiger partial charge >= 0.3 is 0 Å². The SMILES string of the molecule is Cc1cc(C(=O)N(C)C2C3CC4CC(C3)CC2C4)sc1Br. The van der Waals surface area contributed by atoms with Crippen LogP contribution in [-0.4, -0.2) is 23.9 Å². The number of hydrogen-bond donors (Lipinski definition) is 0. The van der Waals surface area contributed by atoms with Crippen molar-refractivity contribution in [3.8, 4) is 0 Å². The molecule has 1 aromatic rings. The maximum absolute atomic E-state index is 12.8. The van der Waals surface area contributed by atoms with Crippen molar-refractivity contribution in [1.82, 2.24) is 4.90 Å². The van der Waals surface area contributed by atoms with Crippen molar-refractivity contribution in [3.05, 3.63) is 20.3 Å². The van der Waals surface area contributed by atoms with E-state index < -0.39 is 0 Å². The van der Waals surface area contributed by atoms with Crippen molar-refractivity contribution in [2.45, 2.75) is 45.1 Å². The van der Waals surface area contributed by atoms with Gasteiger partial charge in [-0.05, 0) is 90.3 Å². The van der Waals surface area contributed by atoms with E-state index in [-0.39, 0.29) is 5.91 Å². The van der Waals surface area contributed by atoms with Gasteiger partial charge in [-0.15, -0.1) is 11.3 Å². The Morgan fingerprint density at radius 3 is 2.24 bits per heavy atom. The zero-order valence-corrected chi connectivity index (χ0v) is 15.0. The highest BCUT2D eigenvalue weighted by Gasteiger charge is 2.50. The van der Waals surface area contributed by atoms with Gasteiger partial charge in [-0.25, -0.2) is 0 Å². The lowest BCUT2D eigenvalue weighted by molar-refractivity contribution is -0.0489. The molecular weight excluding hydrogens is 346 g/mol. The Labute approximate surface area is 139 Å². The lowest BCUT2D eigenvalue weighted by Gasteiger charge is -2.56. The molecular formula is C17H22BrNOS. The van der Waals surface area contributed by atoms with E-state index in [1.54, 1.807) is 11.3 Å². The lowest BCUT2D eigenvalue weighted by Crippen LogP contribution is -2.56. The van der Waals surface area contributed by atoms with Crippen LogP contribution in [0.1, 0.15) is 47.3 Å². The van der Waals surface area contributed by atoms with Crippen LogP contribution in [0.5, 0.6) is 0 Å². The second kappa shape index (κ2) is 5.09. The van der Waals surface area contributed by atoms with Crippen molar-refractivity contribution in [1.29, 1.82) is 0 Å². The molecule has 0 spiro atoms. The molecule has 4 bridgehead atoms. The van der Waals surface area contributed by atoms with Crippen LogP contribution in [-0.2, 0) is 0 Å². The normalized spacial score (nSPS) is 37.0. The predicted octanol–water partition coefficient (Wildman–Crippen LogP) is 4.72. The molecule has 2 nitrogen and oxygen atoms in total. The average molecular weight is 368 g/mol. The molecule has 1 amide bonds. The van der Waals surface area contributed by atoms with E-state index in [0.717, 1.165) is 32.3 Å². The fourth-order valence-corrected chi connectivity index (χ4v) is 6.92. The largest absolute Gasteiger partial charge is 0.337 e. The smallest absolute Gasteiger partial charge is 0.263 e. The maximum Gasteiger partial charge on any atom is 0.263 e. The summed E-state index contributed by atoms with van der Waals surface area (Å²) >= 11 is 5.12. The average Bonchev–Trinajstić information content (AvgIpc) is 2.76. The van der Waals surface area contributed by atoms with Gasteiger partial charge in [0.25, 0.3) is 5.91 Å². The standard InChI is InChI=1S/C17H22BrNOS/c1-9-3-14(21-16(9)18)17(20)19(2)15-12-5-10-4-11(7-12)8-13(15)6-10/h3,10-13,15H,4-8H2,1-2H3. The summed E-state index contributed by atoms with van der Waals surface area (Å²) in [4.78, 5) is 15.8. The second-order valence-corrected chi connectivity index (χ2v) is 9.77. The van der Waals surface area contributed by atoms with Crippen molar-refractivity contribution in [2.24, 2.45) is 23.7 Å². The van der Waals surface area contributed by atoms with Crippen molar-refractivity contribution in [3.63, 3.8) is 0 Å². The van der Waals surface area contributed by atoms with Gasteiger partial charge in [0.2, 0.25) is 0 Å². The number of carbonyl (C=O) groups is 1. The molecule has 4 aliphatic carbocycles. The molecule has 0 N–H and O–H groups in total. The molecule has 1 aromatic heterocycles. The molecule has 114 valence electrons. The van der Waals surface area contributed by atoms with Crippen LogP contribution in [0.4, 0.5) is 0 Å². The zero-order valence-electron chi connectivity index (χ0n) is 12.6. The fraction of sp³-hybridized carbons (Fsp3) is 0.706. The molecule has 21 heavy (non-hydrogen) atoms. The third-order valence-corrected chi connectivity index (χ3v) is 8.14. The number of halogens is 1. The molecule has 0 saturated heterocycles. The van der Waals surface area contributed by atoms with Gasteiger partial charge in [0.15, 0.2) is 0 Å². The van der Waals surface area contributed by atoms with Crippen LogP contribution >= 0.6 is 27.3 Å². The zero-order chi connectivity index (χ0) is 14.7. The Balaban J connectivity index is 1.57. The highest BCUT2D eigenvalue weighted by Crippen LogP contribution is 2.55. The first-order chi connectivity index (χ1) is 10.0. The highest BCUT2D eigenvalue weighted by atomic mass is 79.9. The number of amides is 1. The third kappa shape index (κ3) is 2.29. The van der Waals surface area contributed by atoms with Gasteiger partial charge in [0, 0.05) is 13.1 Å². The number of rotatable bonds is 2. The van der Waals surface area contributed by atoms with E-state index in [4.69, 9.17) is 0 Å². The van der Waals surface area contributed by atoms with Crippen LogP contribution < -0.4 is 0 Å². The molecule has 0 atom stereocenters. The molecule has 4 heteroatoms. The summed E-state index contributed by atoms with van der Waals surface area (Å²) in [6, 6.07) is 2.52. The number of aryl methyl sites for hydroxylation is 1. The number of hydrogen-bond acceptors (Lipinski definition) is 2. The van der Waals surface area contributed by atoms with Gasteiger partial charge in [-0.2, -0.15) is 0 Å². The van der Waals surface area contributed by atoms with Gasteiger partial charge in [0.1, 0.15) is 0 Å². The van der Waals surface area contributed by atoms with E-state index in [1.807, 2.05) is 13.1 Å². The molecule has 0 radical (unpaired) electrons. The van der Waals surface area contributed by atoms with Gasteiger partial charge < -0.3 is 4.90 Å². The van der Waals surface area contributed by atoms with E-state index in [1.165, 1.54) is 37.7 Å². The van der Waals surface area contributed by atoms with E-state index >= 15 is 0 Å². The Hall–Kier alpha value is -0.350. The Bertz CT molecular complexity index is 534. The fourth-order valence-electron chi connectivity index (χ4n) is 5.40. The summed E-state index contributed by atoms with van der Waals surface area (Å²) < 4.78 is 1.09. The van der Waals surface area contributed by atoms with Gasteiger partial charge in [-0.3, -0.25) is 4.79 Å². The summed E-state index contributed by atoms with van der Waals surface area (Å²) in [6.45, 7) is 2.06. The summed E-state index contributed by atoms with van der Waals surface area (Å²) in [7, 11) is 2.04. The van der Waals surface area contributed by atoms with Crippen LogP contribution in [0.15, 0.2) is 9.85 Å². The molecule has 0 aliphatic heterocycles. The predicted molar refractivity (Wildman–Crippen MR) is 89.7 cm³/mol. The van der Waals surface area contributed by atoms with Gasteiger partial charge in [0.05, 0.1) is 8.66 Å². The Morgan fingerprint density at radius 2 is 1.76 bits per heavy atom. The summed E-state index contributed by atoms with van der Waals surface area (Å²) in [5.74, 6) is 3.68.